The Morgan fingerprint density at radius 3 is 2.19 bits per heavy atom. The van der Waals surface area contributed by atoms with Crippen LogP contribution in [0.3, 0.4) is 0 Å². The SMILES string of the molecule is Br.CCN(CC)Cn1c(=N)n(CCOc2ccccc2Cl)c2ccccc21. The Morgan fingerprint density at radius 2 is 1.56 bits per heavy atom. The lowest BCUT2D eigenvalue weighted by Crippen LogP contribution is -2.33. The Hall–Kier alpha value is -1.76. The molecule has 0 aliphatic carbocycles. The Kier molecular flexibility index (Phi) is 7.95. The van der Waals surface area contributed by atoms with Gasteiger partial charge >= 0.3 is 0 Å². The van der Waals surface area contributed by atoms with Gasteiger partial charge in [0.05, 0.1) is 29.3 Å². The van der Waals surface area contributed by atoms with Crippen molar-refractivity contribution in [2.45, 2.75) is 27.1 Å². The van der Waals surface area contributed by atoms with E-state index in [1.165, 1.54) is 0 Å². The van der Waals surface area contributed by atoms with Gasteiger partial charge in [0.25, 0.3) is 0 Å². The second-order valence-corrected chi connectivity index (χ2v) is 6.52. The van der Waals surface area contributed by atoms with E-state index in [2.05, 4.69) is 35.4 Å². The van der Waals surface area contributed by atoms with E-state index in [9.17, 15) is 0 Å². The summed E-state index contributed by atoms with van der Waals surface area (Å²) in [4.78, 5) is 2.30. The zero-order chi connectivity index (χ0) is 18.5. The van der Waals surface area contributed by atoms with Crippen molar-refractivity contribution in [3.05, 3.63) is 59.2 Å². The third-order valence-electron chi connectivity index (χ3n) is 4.62. The number of hydrogen-bond acceptors (Lipinski definition) is 3. The van der Waals surface area contributed by atoms with Crippen LogP contribution in [0.4, 0.5) is 0 Å². The van der Waals surface area contributed by atoms with Crippen molar-refractivity contribution in [2.24, 2.45) is 0 Å². The summed E-state index contributed by atoms with van der Waals surface area (Å²) in [7, 11) is 0. The van der Waals surface area contributed by atoms with Crippen LogP contribution in [0.15, 0.2) is 48.5 Å². The lowest BCUT2D eigenvalue weighted by molar-refractivity contribution is 0.237. The average molecular weight is 454 g/mol. The molecule has 7 heteroatoms. The maximum Gasteiger partial charge on any atom is 0.204 e. The van der Waals surface area contributed by atoms with E-state index in [-0.39, 0.29) is 17.0 Å². The van der Waals surface area contributed by atoms with E-state index in [1.807, 2.05) is 41.0 Å². The molecule has 146 valence electrons. The summed E-state index contributed by atoms with van der Waals surface area (Å²) in [6.07, 6.45) is 0. The van der Waals surface area contributed by atoms with Gasteiger partial charge in [-0.3, -0.25) is 14.9 Å². The molecule has 0 saturated heterocycles. The molecule has 0 aliphatic heterocycles. The summed E-state index contributed by atoms with van der Waals surface area (Å²) in [5, 5.41) is 9.27. The molecule has 3 aromatic rings. The van der Waals surface area contributed by atoms with Crippen LogP contribution < -0.4 is 10.4 Å². The van der Waals surface area contributed by atoms with Gasteiger partial charge in [-0.25, -0.2) is 0 Å². The number of rotatable bonds is 8. The lowest BCUT2D eigenvalue weighted by Gasteiger charge is -2.19. The fraction of sp³-hybridized carbons (Fsp3) is 0.350. The predicted molar refractivity (Wildman–Crippen MR) is 116 cm³/mol. The van der Waals surface area contributed by atoms with Gasteiger partial charge in [0.15, 0.2) is 0 Å². The third-order valence-corrected chi connectivity index (χ3v) is 4.93. The summed E-state index contributed by atoms with van der Waals surface area (Å²) in [6, 6.07) is 15.6. The number of imidazole rings is 1. The summed E-state index contributed by atoms with van der Waals surface area (Å²) in [5.41, 5.74) is 2.61. The first-order valence-corrected chi connectivity index (χ1v) is 9.35. The Labute approximate surface area is 175 Å². The molecule has 0 bridgehead atoms. The largest absolute Gasteiger partial charge is 0.490 e. The van der Waals surface area contributed by atoms with Gasteiger partial charge in [0.2, 0.25) is 5.62 Å². The fourth-order valence-corrected chi connectivity index (χ4v) is 3.29. The molecule has 1 heterocycles. The van der Waals surface area contributed by atoms with Gasteiger partial charge in [0, 0.05) is 0 Å². The van der Waals surface area contributed by atoms with Gasteiger partial charge in [-0.15, -0.1) is 17.0 Å². The van der Waals surface area contributed by atoms with Crippen molar-refractivity contribution in [1.82, 2.24) is 14.0 Å². The summed E-state index contributed by atoms with van der Waals surface area (Å²) >= 11 is 6.15. The molecule has 0 unspecified atom stereocenters. The topological polar surface area (TPSA) is 46.2 Å². The number of benzene rings is 2. The monoisotopic (exact) mass is 452 g/mol. The number of nitrogens with one attached hydrogen (secondary N) is 1. The number of hydrogen-bond donors (Lipinski definition) is 1. The van der Waals surface area contributed by atoms with E-state index in [1.54, 1.807) is 0 Å². The molecule has 0 radical (unpaired) electrons. The van der Waals surface area contributed by atoms with Crippen molar-refractivity contribution in [3.8, 4) is 5.75 Å². The van der Waals surface area contributed by atoms with Gasteiger partial charge < -0.3 is 9.30 Å². The molecular weight excluding hydrogens is 428 g/mol. The summed E-state index contributed by atoms with van der Waals surface area (Å²) < 4.78 is 9.87. The van der Waals surface area contributed by atoms with E-state index < -0.39 is 0 Å². The molecule has 0 aliphatic rings. The quantitative estimate of drug-likeness (QED) is 0.544. The predicted octanol–water partition coefficient (Wildman–Crippen LogP) is 4.53. The minimum absolute atomic E-state index is 0. The molecule has 2 aromatic carbocycles. The first-order chi connectivity index (χ1) is 12.7. The van der Waals surface area contributed by atoms with Crippen LogP contribution in [0, 0.1) is 5.41 Å². The minimum atomic E-state index is 0. The normalized spacial score (nSPS) is 11.0. The first kappa shape index (κ1) is 21.5. The summed E-state index contributed by atoms with van der Waals surface area (Å²) in [5.74, 6) is 0.674. The van der Waals surface area contributed by atoms with Crippen molar-refractivity contribution < 1.29 is 4.74 Å². The zero-order valence-corrected chi connectivity index (χ0v) is 18.2. The van der Waals surface area contributed by atoms with Gasteiger partial charge in [-0.05, 0) is 37.4 Å². The van der Waals surface area contributed by atoms with E-state index in [4.69, 9.17) is 21.7 Å². The van der Waals surface area contributed by atoms with Crippen molar-refractivity contribution in [2.75, 3.05) is 19.7 Å². The maximum atomic E-state index is 8.66. The molecule has 0 fully saturated rings. The maximum absolute atomic E-state index is 8.66. The highest BCUT2D eigenvalue weighted by atomic mass is 79.9. The molecule has 1 aromatic heterocycles. The minimum Gasteiger partial charge on any atom is -0.490 e. The highest BCUT2D eigenvalue weighted by molar-refractivity contribution is 8.93. The third kappa shape index (κ3) is 4.75. The van der Waals surface area contributed by atoms with E-state index in [0.717, 1.165) is 24.1 Å². The number of aromatic nitrogens is 2. The van der Waals surface area contributed by atoms with Gasteiger partial charge in [0.1, 0.15) is 12.4 Å². The second-order valence-electron chi connectivity index (χ2n) is 6.12. The fourth-order valence-electron chi connectivity index (χ4n) is 3.10. The van der Waals surface area contributed by atoms with Gasteiger partial charge in [-0.1, -0.05) is 49.7 Å². The molecule has 0 spiro atoms. The standard InChI is InChI=1S/C20H25ClN4O.BrH/c1-3-23(4-2)15-25-18-11-7-6-10-17(18)24(20(25)22)13-14-26-19-12-8-5-9-16(19)21;/h5-12,22H,3-4,13-15H2,1-2H3;1H. The number of nitrogens with zero attached hydrogens (tertiary/aromatic N) is 3. The van der Waals surface area contributed by atoms with Crippen LogP contribution in [-0.2, 0) is 13.2 Å². The van der Waals surface area contributed by atoms with Crippen LogP contribution in [0.25, 0.3) is 11.0 Å². The van der Waals surface area contributed by atoms with E-state index >= 15 is 0 Å². The number of fused-ring (bicyclic) bond motifs is 1. The van der Waals surface area contributed by atoms with Gasteiger partial charge in [-0.2, -0.15) is 0 Å². The van der Waals surface area contributed by atoms with Crippen molar-refractivity contribution in [3.63, 3.8) is 0 Å². The zero-order valence-electron chi connectivity index (χ0n) is 15.7. The Morgan fingerprint density at radius 1 is 0.963 bits per heavy atom. The molecular formula is C20H26BrClN4O. The average Bonchev–Trinajstić information content (AvgIpc) is 2.93. The molecule has 0 saturated carbocycles. The van der Waals surface area contributed by atoms with Crippen LogP contribution in [0.5, 0.6) is 5.75 Å². The number of halogens is 2. The molecule has 1 N–H and O–H groups in total. The number of para-hydroxylation sites is 3. The highest BCUT2D eigenvalue weighted by Crippen LogP contribution is 2.23. The smallest absolute Gasteiger partial charge is 0.204 e. The van der Waals surface area contributed by atoms with E-state index in [0.29, 0.717) is 36.2 Å². The van der Waals surface area contributed by atoms with Crippen molar-refractivity contribution in [1.29, 1.82) is 5.41 Å². The number of ether oxygens (including phenoxy) is 1. The molecule has 3 rings (SSSR count). The highest BCUT2D eigenvalue weighted by Gasteiger charge is 2.12. The molecule has 5 nitrogen and oxygen atoms in total. The van der Waals surface area contributed by atoms with Crippen LogP contribution in [0.2, 0.25) is 5.02 Å². The molecule has 27 heavy (non-hydrogen) atoms. The Balaban J connectivity index is 0.00000261. The Bertz CT molecular complexity index is 933. The lowest BCUT2D eigenvalue weighted by atomic mass is 10.3. The van der Waals surface area contributed by atoms with Crippen LogP contribution in [0.1, 0.15) is 13.8 Å². The second kappa shape index (κ2) is 9.97. The first-order valence-electron chi connectivity index (χ1n) is 8.98. The van der Waals surface area contributed by atoms with Crippen molar-refractivity contribution >= 4 is 39.6 Å². The van der Waals surface area contributed by atoms with Crippen LogP contribution >= 0.6 is 28.6 Å². The van der Waals surface area contributed by atoms with Crippen LogP contribution in [-0.4, -0.2) is 33.7 Å². The molecule has 0 atom stereocenters. The molecule has 0 amide bonds. The summed E-state index contributed by atoms with van der Waals surface area (Å²) in [6.45, 7) is 7.96.